The van der Waals surface area contributed by atoms with Gasteiger partial charge in [-0.3, -0.25) is 4.90 Å². The van der Waals surface area contributed by atoms with E-state index in [0.29, 0.717) is 18.8 Å². The average molecular weight is 443 g/mol. The van der Waals surface area contributed by atoms with Crippen LogP contribution in [0.5, 0.6) is 5.75 Å². The van der Waals surface area contributed by atoms with Crippen LogP contribution in [-0.4, -0.2) is 38.2 Å². The molecule has 1 saturated heterocycles. The second-order valence-electron chi connectivity index (χ2n) is 6.51. The number of benzene rings is 2. The van der Waals surface area contributed by atoms with Gasteiger partial charge in [0.1, 0.15) is 5.75 Å². The molecule has 0 aliphatic carbocycles. The highest BCUT2D eigenvalue weighted by Crippen LogP contribution is 2.42. The number of nitrogens with zero attached hydrogens (tertiary/aromatic N) is 1. The van der Waals surface area contributed by atoms with E-state index in [4.69, 9.17) is 4.74 Å². The minimum Gasteiger partial charge on any atom is -0.496 e. The van der Waals surface area contributed by atoms with E-state index in [-0.39, 0.29) is 5.56 Å². The molecule has 146 valence electrons. The van der Waals surface area contributed by atoms with Gasteiger partial charge >= 0.3 is 6.18 Å². The fourth-order valence-corrected chi connectivity index (χ4v) is 3.98. The van der Waals surface area contributed by atoms with Gasteiger partial charge in [-0.05, 0) is 42.8 Å². The summed E-state index contributed by atoms with van der Waals surface area (Å²) in [4.78, 5) is 2.11. The Labute approximate surface area is 165 Å². The SMILES string of the molecule is COc1ccc(Br)cc1C(c1ccccc1C(F)(F)F)N1CCCNCC1. The first-order valence-electron chi connectivity index (χ1n) is 8.86. The highest BCUT2D eigenvalue weighted by Gasteiger charge is 2.37. The van der Waals surface area contributed by atoms with Crippen LogP contribution < -0.4 is 10.1 Å². The van der Waals surface area contributed by atoms with E-state index in [1.165, 1.54) is 6.07 Å². The van der Waals surface area contributed by atoms with Crippen molar-refractivity contribution in [3.63, 3.8) is 0 Å². The molecule has 0 amide bonds. The number of hydrogen-bond donors (Lipinski definition) is 1. The zero-order valence-electron chi connectivity index (χ0n) is 15.0. The lowest BCUT2D eigenvalue weighted by atomic mass is 9.92. The molecule has 2 aromatic rings. The van der Waals surface area contributed by atoms with Crippen molar-refractivity contribution >= 4 is 15.9 Å². The van der Waals surface area contributed by atoms with Gasteiger partial charge in [0.2, 0.25) is 0 Å². The van der Waals surface area contributed by atoms with Crippen molar-refractivity contribution in [2.24, 2.45) is 0 Å². The molecule has 1 atom stereocenters. The van der Waals surface area contributed by atoms with Crippen LogP contribution in [0.2, 0.25) is 0 Å². The molecular formula is C20H22BrF3N2O. The van der Waals surface area contributed by atoms with Gasteiger partial charge in [0, 0.05) is 29.7 Å². The Balaban J connectivity index is 2.19. The predicted molar refractivity (Wildman–Crippen MR) is 103 cm³/mol. The number of methoxy groups -OCH3 is 1. The van der Waals surface area contributed by atoms with E-state index in [2.05, 4.69) is 26.1 Å². The molecule has 0 bridgehead atoms. The Morgan fingerprint density at radius 1 is 1.07 bits per heavy atom. The number of rotatable bonds is 4. The molecule has 1 heterocycles. The lowest BCUT2D eigenvalue weighted by Crippen LogP contribution is -2.34. The van der Waals surface area contributed by atoms with E-state index in [1.807, 2.05) is 12.1 Å². The summed E-state index contributed by atoms with van der Waals surface area (Å²) >= 11 is 3.46. The van der Waals surface area contributed by atoms with Crippen molar-refractivity contribution in [3.05, 3.63) is 63.6 Å². The quantitative estimate of drug-likeness (QED) is 0.731. The molecule has 7 heteroatoms. The summed E-state index contributed by atoms with van der Waals surface area (Å²) in [5, 5.41) is 3.32. The molecule has 1 aliphatic heterocycles. The number of alkyl halides is 3. The molecule has 0 spiro atoms. The van der Waals surface area contributed by atoms with Crippen LogP contribution in [0.3, 0.4) is 0 Å². The largest absolute Gasteiger partial charge is 0.496 e. The molecule has 2 aromatic carbocycles. The second kappa shape index (κ2) is 8.63. The van der Waals surface area contributed by atoms with Gasteiger partial charge < -0.3 is 10.1 Å². The fraction of sp³-hybridized carbons (Fsp3) is 0.400. The molecular weight excluding hydrogens is 421 g/mol. The molecule has 1 fully saturated rings. The van der Waals surface area contributed by atoms with E-state index in [1.54, 1.807) is 25.3 Å². The molecule has 3 rings (SSSR count). The normalized spacial score (nSPS) is 17.4. The lowest BCUT2D eigenvalue weighted by Gasteiger charge is -2.33. The highest BCUT2D eigenvalue weighted by molar-refractivity contribution is 9.10. The first kappa shape index (κ1) is 20.2. The van der Waals surface area contributed by atoms with Gasteiger partial charge in [-0.1, -0.05) is 34.1 Å². The summed E-state index contributed by atoms with van der Waals surface area (Å²) in [5.74, 6) is 0.581. The first-order chi connectivity index (χ1) is 12.9. The topological polar surface area (TPSA) is 24.5 Å². The molecule has 0 radical (unpaired) electrons. The van der Waals surface area contributed by atoms with Gasteiger partial charge in [0.25, 0.3) is 0 Å². The number of nitrogens with one attached hydrogen (secondary N) is 1. The van der Waals surface area contributed by atoms with Crippen LogP contribution in [-0.2, 0) is 6.18 Å². The zero-order valence-corrected chi connectivity index (χ0v) is 16.6. The molecule has 0 saturated carbocycles. The van der Waals surface area contributed by atoms with Crippen LogP contribution in [0, 0.1) is 0 Å². The summed E-state index contributed by atoms with van der Waals surface area (Å²) in [5.41, 5.74) is 0.378. The van der Waals surface area contributed by atoms with Crippen LogP contribution >= 0.6 is 15.9 Å². The first-order valence-corrected chi connectivity index (χ1v) is 9.65. The smallest absolute Gasteiger partial charge is 0.416 e. The molecule has 3 nitrogen and oxygen atoms in total. The zero-order chi connectivity index (χ0) is 19.4. The summed E-state index contributed by atoms with van der Waals surface area (Å²) in [6, 6.07) is 10.8. The third-order valence-corrected chi connectivity index (χ3v) is 5.28. The lowest BCUT2D eigenvalue weighted by molar-refractivity contribution is -0.138. The number of hydrogen-bond acceptors (Lipinski definition) is 3. The maximum atomic E-state index is 13.8. The third kappa shape index (κ3) is 4.65. The maximum Gasteiger partial charge on any atom is 0.416 e. The van der Waals surface area contributed by atoms with Crippen molar-refractivity contribution in [2.75, 3.05) is 33.3 Å². The van der Waals surface area contributed by atoms with Crippen molar-refractivity contribution in [2.45, 2.75) is 18.6 Å². The van der Waals surface area contributed by atoms with Crippen LogP contribution in [0.1, 0.15) is 29.2 Å². The van der Waals surface area contributed by atoms with Crippen molar-refractivity contribution in [3.8, 4) is 5.75 Å². The van der Waals surface area contributed by atoms with E-state index < -0.39 is 17.8 Å². The highest BCUT2D eigenvalue weighted by atomic mass is 79.9. The Kier molecular flexibility index (Phi) is 6.44. The minimum absolute atomic E-state index is 0.253. The van der Waals surface area contributed by atoms with Crippen molar-refractivity contribution in [1.82, 2.24) is 10.2 Å². The molecule has 1 aliphatic rings. The van der Waals surface area contributed by atoms with Gasteiger partial charge in [-0.15, -0.1) is 0 Å². The van der Waals surface area contributed by atoms with Crippen LogP contribution in [0.15, 0.2) is 46.9 Å². The standard InChI is InChI=1S/C20H22BrF3N2O/c1-27-18-8-7-14(21)13-16(18)19(26-11-4-9-25-10-12-26)15-5-2-3-6-17(15)20(22,23)24/h2-3,5-8,13,19,25H,4,9-12H2,1H3. The summed E-state index contributed by atoms with van der Waals surface area (Å²) in [7, 11) is 1.55. The maximum absolute atomic E-state index is 13.8. The number of halogens is 4. The van der Waals surface area contributed by atoms with Crippen LogP contribution in [0.4, 0.5) is 13.2 Å². The van der Waals surface area contributed by atoms with Crippen molar-refractivity contribution < 1.29 is 17.9 Å². The monoisotopic (exact) mass is 442 g/mol. The summed E-state index contributed by atoms with van der Waals surface area (Å²) < 4.78 is 47.6. The second-order valence-corrected chi connectivity index (χ2v) is 7.43. The predicted octanol–water partition coefficient (Wildman–Crippen LogP) is 4.86. The van der Waals surface area contributed by atoms with E-state index in [0.717, 1.165) is 35.6 Å². The summed E-state index contributed by atoms with van der Waals surface area (Å²) in [6.07, 6.45) is -3.54. The van der Waals surface area contributed by atoms with Gasteiger partial charge in [-0.2, -0.15) is 13.2 Å². The van der Waals surface area contributed by atoms with E-state index in [9.17, 15) is 13.2 Å². The van der Waals surface area contributed by atoms with Crippen molar-refractivity contribution in [1.29, 1.82) is 0 Å². The van der Waals surface area contributed by atoms with Gasteiger partial charge in [0.15, 0.2) is 0 Å². The Bertz CT molecular complexity index is 774. The Hall–Kier alpha value is -1.57. The third-order valence-electron chi connectivity index (χ3n) is 4.79. The van der Waals surface area contributed by atoms with E-state index >= 15 is 0 Å². The molecule has 0 aromatic heterocycles. The average Bonchev–Trinajstić information content (AvgIpc) is 2.91. The minimum atomic E-state index is -4.42. The molecule has 1 unspecified atom stereocenters. The Morgan fingerprint density at radius 2 is 1.85 bits per heavy atom. The molecule has 1 N–H and O–H groups in total. The van der Waals surface area contributed by atoms with Gasteiger partial charge in [0.05, 0.1) is 18.7 Å². The summed E-state index contributed by atoms with van der Waals surface area (Å²) in [6.45, 7) is 2.97. The van der Waals surface area contributed by atoms with Crippen LogP contribution in [0.25, 0.3) is 0 Å². The fourth-order valence-electron chi connectivity index (χ4n) is 3.60. The van der Waals surface area contributed by atoms with Gasteiger partial charge in [-0.25, -0.2) is 0 Å². The molecule has 27 heavy (non-hydrogen) atoms. The Morgan fingerprint density at radius 3 is 2.59 bits per heavy atom. The number of ether oxygens (including phenoxy) is 1.